The Hall–Kier alpha value is -4.26. The van der Waals surface area contributed by atoms with Crippen molar-refractivity contribution in [2.75, 3.05) is 13.2 Å². The van der Waals surface area contributed by atoms with Crippen molar-refractivity contribution in [3.63, 3.8) is 0 Å². The minimum Gasteiger partial charge on any atom is -0.448 e. The van der Waals surface area contributed by atoms with Gasteiger partial charge in [0.15, 0.2) is 0 Å². The quantitative estimate of drug-likeness (QED) is 0.234. The van der Waals surface area contributed by atoms with Crippen molar-refractivity contribution in [1.82, 2.24) is 4.90 Å². The summed E-state index contributed by atoms with van der Waals surface area (Å²) < 4.78 is 26.9. The van der Waals surface area contributed by atoms with Crippen molar-refractivity contribution in [2.24, 2.45) is 0 Å². The van der Waals surface area contributed by atoms with Gasteiger partial charge in [0.1, 0.15) is 18.5 Å². The molecule has 1 heterocycles. The molecule has 1 aliphatic carbocycles. The number of rotatable bonds is 8. The Balaban J connectivity index is 1.31. The molecule has 1 N–H and O–H groups in total. The van der Waals surface area contributed by atoms with E-state index in [0.717, 1.165) is 33.4 Å². The Morgan fingerprint density at radius 3 is 2.20 bits per heavy atom. The van der Waals surface area contributed by atoms with Crippen LogP contribution in [0.5, 0.6) is 0 Å². The average molecular weight is 550 g/mol. The first-order chi connectivity index (χ1) is 20.1. The molecule has 0 aromatic heterocycles. The average Bonchev–Trinajstić information content (AvgIpc) is 3.33. The van der Waals surface area contributed by atoms with Gasteiger partial charge in [0.25, 0.3) is 0 Å². The molecule has 2 aliphatic rings. The summed E-state index contributed by atoms with van der Waals surface area (Å²) in [5.41, 5.74) is 6.83. The second-order valence-corrected chi connectivity index (χ2v) is 10.5. The Morgan fingerprint density at radius 2 is 1.54 bits per heavy atom. The SMILES string of the molecule is C=CC[C@H]1c2ccc(F)cc2[C@@H](OCc2ccccc2)[C@H](CO)N1C(=O)OCC1c2ccccc2-c2ccccc21. The molecule has 0 saturated heterocycles. The van der Waals surface area contributed by atoms with Crippen LogP contribution in [0.1, 0.15) is 52.3 Å². The third-order valence-corrected chi connectivity index (χ3v) is 8.15. The standard InChI is InChI=1S/C35H32FNO4/c1-2-10-32-29-18-17-24(36)19-30(29)34(40-21-23-11-4-3-5-12-23)33(20-38)37(32)35(39)41-22-31-27-15-8-6-13-25(27)26-14-7-9-16-28(26)31/h2-9,11-19,31-34,38H,1,10,20-22H2/t32-,33-,34+/m0/s1. The molecule has 4 aromatic rings. The van der Waals surface area contributed by atoms with Gasteiger partial charge in [-0.1, -0.05) is 91.0 Å². The number of halogens is 1. The van der Waals surface area contributed by atoms with Gasteiger partial charge < -0.3 is 14.6 Å². The van der Waals surface area contributed by atoms with Gasteiger partial charge in [-0.3, -0.25) is 4.90 Å². The van der Waals surface area contributed by atoms with Crippen molar-refractivity contribution < 1.29 is 23.8 Å². The molecule has 6 heteroatoms. The number of aliphatic hydroxyl groups excluding tert-OH is 1. The normalized spacial score (nSPS) is 19.3. The lowest BCUT2D eigenvalue weighted by molar-refractivity contribution is -0.0648. The first-order valence-corrected chi connectivity index (χ1v) is 13.9. The fourth-order valence-corrected chi connectivity index (χ4v) is 6.30. The maximum absolute atomic E-state index is 14.5. The number of benzene rings is 4. The number of hydrogen-bond acceptors (Lipinski definition) is 4. The van der Waals surface area contributed by atoms with E-state index >= 15 is 0 Å². The van der Waals surface area contributed by atoms with E-state index in [4.69, 9.17) is 9.47 Å². The fraction of sp³-hybridized carbons (Fsp3) is 0.229. The van der Waals surface area contributed by atoms with Crippen LogP contribution in [0.25, 0.3) is 11.1 Å². The Bertz CT molecular complexity index is 1510. The van der Waals surface area contributed by atoms with Gasteiger partial charge in [0.2, 0.25) is 0 Å². The van der Waals surface area contributed by atoms with Gasteiger partial charge in [-0.25, -0.2) is 9.18 Å². The number of aliphatic hydroxyl groups is 1. The predicted molar refractivity (Wildman–Crippen MR) is 156 cm³/mol. The van der Waals surface area contributed by atoms with Crippen LogP contribution in [0.3, 0.4) is 0 Å². The van der Waals surface area contributed by atoms with E-state index < -0.39 is 30.1 Å². The Morgan fingerprint density at radius 1 is 0.878 bits per heavy atom. The van der Waals surface area contributed by atoms with Gasteiger partial charge in [0, 0.05) is 5.92 Å². The van der Waals surface area contributed by atoms with Crippen molar-refractivity contribution >= 4 is 6.09 Å². The first-order valence-electron chi connectivity index (χ1n) is 13.9. The number of ether oxygens (including phenoxy) is 2. The van der Waals surface area contributed by atoms with Gasteiger partial charge in [-0.05, 0) is 57.5 Å². The molecule has 3 atom stereocenters. The summed E-state index contributed by atoms with van der Waals surface area (Å²) in [6.45, 7) is 3.90. The molecule has 208 valence electrons. The van der Waals surface area contributed by atoms with E-state index in [2.05, 4.69) is 30.8 Å². The van der Waals surface area contributed by atoms with E-state index in [1.54, 1.807) is 17.0 Å². The topological polar surface area (TPSA) is 59.0 Å². The van der Waals surface area contributed by atoms with Gasteiger partial charge in [0.05, 0.1) is 25.3 Å². The molecule has 0 radical (unpaired) electrons. The number of amides is 1. The fourth-order valence-electron chi connectivity index (χ4n) is 6.30. The Kier molecular flexibility index (Phi) is 7.68. The largest absolute Gasteiger partial charge is 0.448 e. The summed E-state index contributed by atoms with van der Waals surface area (Å²) in [7, 11) is 0. The number of fused-ring (bicyclic) bond motifs is 4. The van der Waals surface area contributed by atoms with Crippen LogP contribution in [0.4, 0.5) is 9.18 Å². The smallest absolute Gasteiger partial charge is 0.410 e. The van der Waals surface area contributed by atoms with E-state index in [-0.39, 0.29) is 25.7 Å². The molecule has 0 saturated carbocycles. The maximum Gasteiger partial charge on any atom is 0.410 e. The highest BCUT2D eigenvalue weighted by atomic mass is 19.1. The van der Waals surface area contributed by atoms with Crippen molar-refractivity contribution in [2.45, 2.75) is 37.1 Å². The van der Waals surface area contributed by atoms with Gasteiger partial charge in [-0.15, -0.1) is 6.58 Å². The number of carbonyl (C=O) groups is 1. The first kappa shape index (κ1) is 26.9. The van der Waals surface area contributed by atoms with E-state index in [0.29, 0.717) is 12.0 Å². The summed E-state index contributed by atoms with van der Waals surface area (Å²) >= 11 is 0. The lowest BCUT2D eigenvalue weighted by atomic mass is 9.84. The third-order valence-electron chi connectivity index (χ3n) is 8.15. The van der Waals surface area contributed by atoms with Crippen LogP contribution in [0.2, 0.25) is 0 Å². The summed E-state index contributed by atoms with van der Waals surface area (Å²) in [6.07, 6.45) is 0.819. The number of nitrogens with zero attached hydrogens (tertiary/aromatic N) is 1. The second-order valence-electron chi connectivity index (χ2n) is 10.5. The second kappa shape index (κ2) is 11.7. The molecule has 1 aliphatic heterocycles. The molecular weight excluding hydrogens is 517 g/mol. The summed E-state index contributed by atoms with van der Waals surface area (Å²) in [5.74, 6) is -0.506. The predicted octanol–water partition coefficient (Wildman–Crippen LogP) is 7.33. The molecule has 0 spiro atoms. The van der Waals surface area contributed by atoms with E-state index in [1.807, 2.05) is 54.6 Å². The molecule has 1 amide bonds. The molecule has 41 heavy (non-hydrogen) atoms. The highest BCUT2D eigenvalue weighted by Crippen LogP contribution is 2.46. The van der Waals surface area contributed by atoms with Crippen molar-refractivity contribution in [3.05, 3.63) is 143 Å². The van der Waals surface area contributed by atoms with Crippen LogP contribution in [-0.4, -0.2) is 35.4 Å². The molecule has 4 aromatic carbocycles. The van der Waals surface area contributed by atoms with E-state index in [9.17, 15) is 14.3 Å². The zero-order valence-electron chi connectivity index (χ0n) is 22.7. The van der Waals surface area contributed by atoms with Gasteiger partial charge in [-0.2, -0.15) is 0 Å². The maximum atomic E-state index is 14.5. The van der Waals surface area contributed by atoms with Crippen LogP contribution in [0.15, 0.2) is 110 Å². The summed E-state index contributed by atoms with van der Waals surface area (Å²) in [4.78, 5) is 15.5. The minimum absolute atomic E-state index is 0.104. The van der Waals surface area contributed by atoms with Crippen LogP contribution in [0, 0.1) is 5.82 Å². The van der Waals surface area contributed by atoms with Crippen molar-refractivity contribution in [3.8, 4) is 11.1 Å². The Labute approximate surface area is 239 Å². The van der Waals surface area contributed by atoms with Crippen LogP contribution >= 0.6 is 0 Å². The summed E-state index contributed by atoms with van der Waals surface area (Å²) in [6, 6.07) is 29.2. The number of carbonyl (C=O) groups excluding carboxylic acids is 1. The summed E-state index contributed by atoms with van der Waals surface area (Å²) in [5, 5.41) is 10.6. The third kappa shape index (κ3) is 5.05. The number of hydrogen-bond donors (Lipinski definition) is 1. The molecule has 0 unspecified atom stereocenters. The molecule has 6 rings (SSSR count). The minimum atomic E-state index is -0.784. The molecule has 0 fully saturated rings. The lowest BCUT2D eigenvalue weighted by Crippen LogP contribution is -2.52. The highest BCUT2D eigenvalue weighted by Gasteiger charge is 2.44. The van der Waals surface area contributed by atoms with E-state index in [1.165, 1.54) is 12.1 Å². The van der Waals surface area contributed by atoms with Gasteiger partial charge >= 0.3 is 6.09 Å². The van der Waals surface area contributed by atoms with Crippen LogP contribution < -0.4 is 0 Å². The molecule has 0 bridgehead atoms. The zero-order valence-corrected chi connectivity index (χ0v) is 22.7. The lowest BCUT2D eigenvalue weighted by Gasteiger charge is -2.45. The molecular formula is C35H32FNO4. The highest BCUT2D eigenvalue weighted by molar-refractivity contribution is 5.79. The van der Waals surface area contributed by atoms with Crippen LogP contribution in [-0.2, 0) is 16.1 Å². The van der Waals surface area contributed by atoms with Crippen molar-refractivity contribution in [1.29, 1.82) is 0 Å². The zero-order chi connectivity index (χ0) is 28.3. The molecule has 5 nitrogen and oxygen atoms in total. The monoisotopic (exact) mass is 549 g/mol.